The van der Waals surface area contributed by atoms with E-state index in [9.17, 15) is 4.39 Å². The number of aromatic nitrogens is 2. The number of aromatic amines is 1. The molecule has 142 valence electrons. The predicted octanol–water partition coefficient (Wildman–Crippen LogP) is 3.20. The first kappa shape index (κ1) is 18.0. The van der Waals surface area contributed by atoms with Gasteiger partial charge in [0.25, 0.3) is 0 Å². The maximum atomic E-state index is 13.1. The Morgan fingerprint density at radius 1 is 1.07 bits per heavy atom. The van der Waals surface area contributed by atoms with Crippen LogP contribution in [-0.2, 0) is 13.0 Å². The van der Waals surface area contributed by atoms with Gasteiger partial charge in [-0.1, -0.05) is 36.4 Å². The van der Waals surface area contributed by atoms with E-state index in [2.05, 4.69) is 33.0 Å². The lowest BCUT2D eigenvalue weighted by molar-refractivity contribution is 0.429. The highest BCUT2D eigenvalue weighted by atomic mass is 19.1. The van der Waals surface area contributed by atoms with Crippen LogP contribution in [0, 0.1) is 5.82 Å². The summed E-state index contributed by atoms with van der Waals surface area (Å²) < 4.78 is 13.1. The molecule has 1 aromatic heterocycles. The first-order valence-electron chi connectivity index (χ1n) is 9.14. The molecule has 5 nitrogen and oxygen atoms in total. The summed E-state index contributed by atoms with van der Waals surface area (Å²) in [4.78, 5) is 0. The minimum absolute atomic E-state index is 0.259. The third kappa shape index (κ3) is 4.29. The van der Waals surface area contributed by atoms with Gasteiger partial charge in [0.05, 0.1) is 17.9 Å². The van der Waals surface area contributed by atoms with Crippen molar-refractivity contribution in [2.45, 2.75) is 18.6 Å². The van der Waals surface area contributed by atoms with Gasteiger partial charge in [0.1, 0.15) is 17.3 Å². The summed E-state index contributed by atoms with van der Waals surface area (Å²) in [6, 6.07) is 18.4. The Morgan fingerprint density at radius 2 is 1.86 bits per heavy atom. The zero-order valence-corrected chi connectivity index (χ0v) is 15.3. The predicted molar refractivity (Wildman–Crippen MR) is 108 cm³/mol. The number of allylic oxidation sites excluding steroid dienone is 2. The lowest BCUT2D eigenvalue weighted by Gasteiger charge is -2.32. The zero-order chi connectivity index (χ0) is 19.4. The number of dihydropyridines is 1. The quantitative estimate of drug-likeness (QED) is 0.534. The van der Waals surface area contributed by atoms with Crippen LogP contribution < -0.4 is 16.4 Å². The van der Waals surface area contributed by atoms with E-state index < -0.39 is 5.66 Å². The lowest BCUT2D eigenvalue weighted by atomic mass is 9.98. The number of rotatable bonds is 6. The van der Waals surface area contributed by atoms with Crippen LogP contribution in [0.25, 0.3) is 11.3 Å². The summed E-state index contributed by atoms with van der Waals surface area (Å²) in [6.45, 7) is 0.558. The fraction of sp³-hybridized carbons (Fsp3) is 0.136. The molecule has 0 fully saturated rings. The average molecular weight is 375 g/mol. The molecule has 1 aliphatic rings. The van der Waals surface area contributed by atoms with E-state index >= 15 is 0 Å². The standard InChI is InChI=1S/C22H22FN5/c23-18-10-8-17(9-11-18)20-13-19(27-28-20)15-25-21-7-4-12-22(24,26-21)14-16-5-2-1-3-6-16/h1-13,25-26H,14-15,24H2,(H,27,28). The fourth-order valence-electron chi connectivity index (χ4n) is 3.20. The molecular weight excluding hydrogens is 353 g/mol. The molecule has 2 heterocycles. The van der Waals surface area contributed by atoms with Crippen LogP contribution in [0.1, 0.15) is 11.3 Å². The molecule has 1 unspecified atom stereocenters. The number of nitrogens with one attached hydrogen (secondary N) is 3. The molecule has 6 heteroatoms. The van der Waals surface area contributed by atoms with Crippen molar-refractivity contribution in [3.63, 3.8) is 0 Å². The van der Waals surface area contributed by atoms with Gasteiger partial charge in [0, 0.05) is 12.0 Å². The summed E-state index contributed by atoms with van der Waals surface area (Å²) in [5.41, 5.74) is 9.60. The maximum Gasteiger partial charge on any atom is 0.123 e. The van der Waals surface area contributed by atoms with Crippen LogP contribution in [-0.4, -0.2) is 15.9 Å². The number of nitrogens with two attached hydrogens (primary N) is 1. The van der Waals surface area contributed by atoms with Crippen LogP contribution in [0.15, 0.2) is 84.7 Å². The first-order valence-corrected chi connectivity index (χ1v) is 9.14. The van der Waals surface area contributed by atoms with Gasteiger partial charge in [-0.05, 0) is 48.0 Å². The number of hydrogen-bond donors (Lipinski definition) is 4. The summed E-state index contributed by atoms with van der Waals surface area (Å²) in [6.07, 6.45) is 6.56. The number of benzene rings is 2. The Balaban J connectivity index is 1.37. The fourth-order valence-corrected chi connectivity index (χ4v) is 3.20. The first-order chi connectivity index (χ1) is 13.6. The van der Waals surface area contributed by atoms with Gasteiger partial charge in [-0.15, -0.1) is 0 Å². The highest BCUT2D eigenvalue weighted by Gasteiger charge is 2.24. The van der Waals surface area contributed by atoms with Crippen LogP contribution >= 0.6 is 0 Å². The van der Waals surface area contributed by atoms with E-state index in [4.69, 9.17) is 5.73 Å². The van der Waals surface area contributed by atoms with E-state index in [1.807, 2.05) is 42.5 Å². The van der Waals surface area contributed by atoms with Crippen LogP contribution in [0.5, 0.6) is 0 Å². The van der Waals surface area contributed by atoms with E-state index in [0.29, 0.717) is 13.0 Å². The minimum atomic E-state index is -0.647. The zero-order valence-electron chi connectivity index (χ0n) is 15.3. The molecule has 0 amide bonds. The molecule has 0 radical (unpaired) electrons. The van der Waals surface area contributed by atoms with Crippen molar-refractivity contribution in [3.8, 4) is 11.3 Å². The molecule has 2 aromatic carbocycles. The second-order valence-corrected chi connectivity index (χ2v) is 6.91. The number of hydrogen-bond acceptors (Lipinski definition) is 4. The Bertz CT molecular complexity index is 991. The molecule has 4 rings (SSSR count). The monoisotopic (exact) mass is 375 g/mol. The summed E-state index contributed by atoms with van der Waals surface area (Å²) in [7, 11) is 0. The van der Waals surface area contributed by atoms with Gasteiger partial charge < -0.3 is 16.4 Å². The van der Waals surface area contributed by atoms with Crippen LogP contribution in [0.3, 0.4) is 0 Å². The van der Waals surface area contributed by atoms with Crippen molar-refractivity contribution in [1.82, 2.24) is 20.8 Å². The Labute approximate surface area is 163 Å². The van der Waals surface area contributed by atoms with Gasteiger partial charge in [-0.2, -0.15) is 5.10 Å². The Morgan fingerprint density at radius 3 is 2.64 bits per heavy atom. The number of nitrogens with zero attached hydrogens (tertiary/aromatic N) is 1. The topological polar surface area (TPSA) is 78.8 Å². The van der Waals surface area contributed by atoms with Crippen LogP contribution in [0.2, 0.25) is 0 Å². The van der Waals surface area contributed by atoms with Crippen molar-refractivity contribution in [3.05, 3.63) is 102 Å². The second-order valence-electron chi connectivity index (χ2n) is 6.91. The summed E-state index contributed by atoms with van der Waals surface area (Å²) >= 11 is 0. The summed E-state index contributed by atoms with van der Waals surface area (Å²) in [5, 5.41) is 14.0. The normalized spacial score (nSPS) is 18.4. The van der Waals surface area contributed by atoms with Gasteiger partial charge in [-0.25, -0.2) is 4.39 Å². The van der Waals surface area contributed by atoms with E-state index in [1.54, 1.807) is 12.1 Å². The third-order valence-electron chi connectivity index (χ3n) is 4.60. The molecule has 0 saturated heterocycles. The molecule has 0 saturated carbocycles. The lowest BCUT2D eigenvalue weighted by Crippen LogP contribution is -2.56. The van der Waals surface area contributed by atoms with E-state index in [-0.39, 0.29) is 5.82 Å². The van der Waals surface area contributed by atoms with Gasteiger partial charge >= 0.3 is 0 Å². The van der Waals surface area contributed by atoms with Crippen LogP contribution in [0.4, 0.5) is 4.39 Å². The Hall–Kier alpha value is -3.38. The third-order valence-corrected chi connectivity index (χ3v) is 4.60. The van der Waals surface area contributed by atoms with Crippen molar-refractivity contribution in [1.29, 1.82) is 0 Å². The Kier molecular flexibility index (Phi) is 4.95. The molecule has 1 aliphatic heterocycles. The molecule has 0 bridgehead atoms. The smallest absolute Gasteiger partial charge is 0.123 e. The molecule has 0 aliphatic carbocycles. The maximum absolute atomic E-state index is 13.1. The summed E-state index contributed by atoms with van der Waals surface area (Å²) in [5.74, 6) is 0.587. The van der Waals surface area contributed by atoms with Crippen molar-refractivity contribution in [2.75, 3.05) is 0 Å². The van der Waals surface area contributed by atoms with Crippen molar-refractivity contribution >= 4 is 0 Å². The van der Waals surface area contributed by atoms with Crippen molar-refractivity contribution < 1.29 is 4.39 Å². The molecule has 5 N–H and O–H groups in total. The molecule has 0 spiro atoms. The second kappa shape index (κ2) is 7.70. The largest absolute Gasteiger partial charge is 0.366 e. The van der Waals surface area contributed by atoms with E-state index in [1.165, 1.54) is 17.7 Å². The molecule has 3 aromatic rings. The van der Waals surface area contributed by atoms with Gasteiger partial charge in [-0.3, -0.25) is 5.10 Å². The molecular formula is C22H22FN5. The van der Waals surface area contributed by atoms with E-state index in [0.717, 1.165) is 22.8 Å². The minimum Gasteiger partial charge on any atom is -0.366 e. The van der Waals surface area contributed by atoms with Gasteiger partial charge in [0.15, 0.2) is 0 Å². The average Bonchev–Trinajstić information content (AvgIpc) is 3.16. The van der Waals surface area contributed by atoms with Crippen molar-refractivity contribution in [2.24, 2.45) is 5.73 Å². The number of halogens is 1. The highest BCUT2D eigenvalue weighted by Crippen LogP contribution is 2.18. The highest BCUT2D eigenvalue weighted by molar-refractivity contribution is 5.59. The SMILES string of the molecule is NC1(Cc2ccccc2)C=CC=C(NCc2cc(-c3ccc(F)cc3)n[nH]2)N1. The molecule has 1 atom stereocenters. The number of H-pyrrole nitrogens is 1. The molecule has 28 heavy (non-hydrogen) atoms. The van der Waals surface area contributed by atoms with Gasteiger partial charge in [0.2, 0.25) is 0 Å².